The molecule has 0 amide bonds. The summed E-state index contributed by atoms with van der Waals surface area (Å²) in [6.07, 6.45) is 18.7. The number of fused-ring (bicyclic) bond motifs is 4. The van der Waals surface area contributed by atoms with E-state index < -0.39 is 0 Å². The Morgan fingerprint density at radius 2 is 1.02 bits per heavy atom. The first kappa shape index (κ1) is 29.1. The van der Waals surface area contributed by atoms with Crippen LogP contribution in [0.2, 0.25) is 0 Å². The van der Waals surface area contributed by atoms with Crippen LogP contribution in [0.1, 0.15) is 115 Å². The van der Waals surface area contributed by atoms with Crippen LogP contribution in [-0.2, 0) is 5.41 Å². The van der Waals surface area contributed by atoms with Gasteiger partial charge in [-0.05, 0) is 81.3 Å². The van der Waals surface area contributed by atoms with Crippen LogP contribution in [0.5, 0.6) is 0 Å². The lowest BCUT2D eigenvalue weighted by atomic mass is 9.70. The molecule has 1 aliphatic carbocycles. The number of hydrogen-bond donors (Lipinski definition) is 0. The van der Waals surface area contributed by atoms with E-state index in [4.69, 9.17) is 0 Å². The summed E-state index contributed by atoms with van der Waals surface area (Å²) in [5.74, 6) is 0. The summed E-state index contributed by atoms with van der Waals surface area (Å²) >= 11 is 3.86. The molecule has 0 aromatic heterocycles. The summed E-state index contributed by atoms with van der Waals surface area (Å²) in [5.41, 5.74) is 8.85. The number of halogens is 1. The van der Waals surface area contributed by atoms with Crippen molar-refractivity contribution in [3.8, 4) is 22.3 Å². The van der Waals surface area contributed by atoms with Gasteiger partial charge >= 0.3 is 0 Å². The van der Waals surface area contributed by atoms with Gasteiger partial charge < -0.3 is 0 Å². The normalized spacial score (nSPS) is 13.5. The highest BCUT2D eigenvalue weighted by atomic mass is 79.9. The molecule has 0 spiro atoms. The molecular formula is C39H47Br. The van der Waals surface area contributed by atoms with E-state index in [2.05, 4.69) is 109 Å². The molecule has 0 unspecified atom stereocenters. The highest BCUT2D eigenvalue weighted by Gasteiger charge is 2.42. The Kier molecular flexibility index (Phi) is 10.2. The van der Waals surface area contributed by atoms with Crippen molar-refractivity contribution in [2.75, 3.05) is 0 Å². The van der Waals surface area contributed by atoms with Gasteiger partial charge in [0.05, 0.1) is 0 Å². The molecule has 4 aromatic rings. The molecule has 40 heavy (non-hydrogen) atoms. The molecular weight excluding hydrogens is 548 g/mol. The first-order valence-electron chi connectivity index (χ1n) is 16.1. The van der Waals surface area contributed by atoms with Gasteiger partial charge in [-0.25, -0.2) is 0 Å². The maximum absolute atomic E-state index is 3.86. The largest absolute Gasteiger partial charge is 0.0654 e. The molecule has 0 bridgehead atoms. The minimum Gasteiger partial charge on any atom is -0.0654 e. The van der Waals surface area contributed by atoms with E-state index in [1.807, 2.05) is 0 Å². The van der Waals surface area contributed by atoms with Crippen molar-refractivity contribution in [3.63, 3.8) is 0 Å². The number of hydrogen-bond acceptors (Lipinski definition) is 0. The Hall–Kier alpha value is -2.38. The molecule has 210 valence electrons. The fraction of sp³-hybridized carbons (Fsp3) is 0.436. The minimum absolute atomic E-state index is 0.108. The summed E-state index contributed by atoms with van der Waals surface area (Å²) < 4.78 is 1.21. The third-order valence-electron chi connectivity index (χ3n) is 9.32. The van der Waals surface area contributed by atoms with Gasteiger partial charge in [0, 0.05) is 9.89 Å². The lowest BCUT2D eigenvalue weighted by Crippen LogP contribution is -2.25. The Morgan fingerprint density at radius 3 is 1.70 bits per heavy atom. The number of benzene rings is 4. The van der Waals surface area contributed by atoms with Gasteiger partial charge in [-0.15, -0.1) is 0 Å². The molecule has 0 heterocycles. The molecule has 5 rings (SSSR count). The maximum Gasteiger partial charge on any atom is 0.0215 e. The molecule has 1 heteroatoms. The Labute approximate surface area is 251 Å². The summed E-state index contributed by atoms with van der Waals surface area (Å²) in [6, 6.07) is 30.1. The monoisotopic (exact) mass is 594 g/mol. The molecule has 0 nitrogen and oxygen atoms in total. The Bertz CT molecular complexity index is 1380. The van der Waals surface area contributed by atoms with Gasteiger partial charge in [-0.1, -0.05) is 161 Å². The van der Waals surface area contributed by atoms with E-state index in [-0.39, 0.29) is 5.41 Å². The van der Waals surface area contributed by atoms with Crippen molar-refractivity contribution in [1.82, 2.24) is 0 Å². The zero-order valence-corrected chi connectivity index (χ0v) is 26.4. The topological polar surface area (TPSA) is 0 Å². The third-order valence-corrected chi connectivity index (χ3v) is 9.81. The first-order chi connectivity index (χ1) is 19.7. The second-order valence-corrected chi connectivity index (χ2v) is 13.0. The second-order valence-electron chi connectivity index (χ2n) is 12.1. The van der Waals surface area contributed by atoms with E-state index >= 15 is 0 Å². The van der Waals surface area contributed by atoms with Crippen molar-refractivity contribution in [2.24, 2.45) is 0 Å². The minimum atomic E-state index is 0.108. The number of unbranched alkanes of at least 4 members (excludes halogenated alkanes) is 10. The molecule has 1 aliphatic rings. The summed E-state index contributed by atoms with van der Waals surface area (Å²) in [6.45, 7) is 4.62. The molecule has 0 atom stereocenters. The predicted octanol–water partition coefficient (Wildman–Crippen LogP) is 13.0. The molecule has 4 aromatic carbocycles. The van der Waals surface area contributed by atoms with Crippen LogP contribution in [0.15, 0.2) is 83.3 Å². The van der Waals surface area contributed by atoms with Gasteiger partial charge in [0.2, 0.25) is 0 Å². The van der Waals surface area contributed by atoms with Crippen molar-refractivity contribution in [3.05, 3.63) is 94.5 Å². The van der Waals surface area contributed by atoms with Crippen molar-refractivity contribution in [2.45, 2.75) is 109 Å². The molecule has 0 saturated carbocycles. The summed E-state index contributed by atoms with van der Waals surface area (Å²) in [4.78, 5) is 0. The van der Waals surface area contributed by atoms with Crippen LogP contribution in [-0.4, -0.2) is 0 Å². The highest BCUT2D eigenvalue weighted by molar-refractivity contribution is 9.10. The average Bonchev–Trinajstić information content (AvgIpc) is 3.24. The Balaban J connectivity index is 1.51. The summed E-state index contributed by atoms with van der Waals surface area (Å²) in [5, 5.41) is 2.63. The predicted molar refractivity (Wildman–Crippen MR) is 179 cm³/mol. The van der Waals surface area contributed by atoms with E-state index in [0.29, 0.717) is 0 Å². The van der Waals surface area contributed by atoms with Crippen LogP contribution in [0, 0.1) is 0 Å². The van der Waals surface area contributed by atoms with E-state index in [9.17, 15) is 0 Å². The van der Waals surface area contributed by atoms with Crippen molar-refractivity contribution < 1.29 is 0 Å². The molecule has 0 N–H and O–H groups in total. The van der Waals surface area contributed by atoms with Crippen molar-refractivity contribution >= 4 is 26.7 Å². The van der Waals surface area contributed by atoms with Crippen LogP contribution in [0.4, 0.5) is 0 Å². The smallest absolute Gasteiger partial charge is 0.0215 e. The van der Waals surface area contributed by atoms with Crippen LogP contribution in [0.3, 0.4) is 0 Å². The second kappa shape index (κ2) is 14.0. The van der Waals surface area contributed by atoms with Gasteiger partial charge in [0.1, 0.15) is 0 Å². The van der Waals surface area contributed by atoms with E-state index in [1.54, 1.807) is 11.1 Å². The maximum atomic E-state index is 3.86. The average molecular weight is 596 g/mol. The SMILES string of the molecule is CCCCCCCCC1(CCCCCCCC)c2cc(Br)ccc2-c2ccc(-c3ccc4ccccc4c3)cc21. The van der Waals surface area contributed by atoms with E-state index in [1.165, 1.54) is 127 Å². The zero-order valence-electron chi connectivity index (χ0n) is 24.8. The molecule has 0 aliphatic heterocycles. The number of rotatable bonds is 15. The quantitative estimate of drug-likeness (QED) is 0.120. The molecule has 0 radical (unpaired) electrons. The van der Waals surface area contributed by atoms with Gasteiger partial charge in [0.15, 0.2) is 0 Å². The van der Waals surface area contributed by atoms with Crippen LogP contribution in [0.25, 0.3) is 33.0 Å². The van der Waals surface area contributed by atoms with Gasteiger partial charge in [-0.3, -0.25) is 0 Å². The van der Waals surface area contributed by atoms with Crippen LogP contribution >= 0.6 is 15.9 Å². The standard InChI is InChI=1S/C39H47Br/c1-3-5-7-9-11-15-25-39(26-16-12-10-8-6-4-2)37-28-33(32-20-19-30-17-13-14-18-31(30)27-32)21-23-35(37)36-24-22-34(40)29-38(36)39/h13-14,17-24,27-29H,3-12,15-16,25-26H2,1-2H3. The first-order valence-corrected chi connectivity index (χ1v) is 16.9. The fourth-order valence-corrected chi connectivity index (χ4v) is 7.45. The third kappa shape index (κ3) is 6.41. The molecule has 0 saturated heterocycles. The summed E-state index contributed by atoms with van der Waals surface area (Å²) in [7, 11) is 0. The van der Waals surface area contributed by atoms with Crippen LogP contribution < -0.4 is 0 Å². The zero-order chi connectivity index (χ0) is 27.8. The lowest BCUT2D eigenvalue weighted by Gasteiger charge is -2.33. The highest BCUT2D eigenvalue weighted by Crippen LogP contribution is 2.55. The van der Waals surface area contributed by atoms with Gasteiger partial charge in [-0.2, -0.15) is 0 Å². The Morgan fingerprint density at radius 1 is 0.500 bits per heavy atom. The fourth-order valence-electron chi connectivity index (χ4n) is 7.09. The van der Waals surface area contributed by atoms with Crippen molar-refractivity contribution in [1.29, 1.82) is 0 Å². The van der Waals surface area contributed by atoms with E-state index in [0.717, 1.165) is 0 Å². The van der Waals surface area contributed by atoms with Gasteiger partial charge in [0.25, 0.3) is 0 Å². The molecule has 0 fully saturated rings. The lowest BCUT2D eigenvalue weighted by molar-refractivity contribution is 0.398.